The Kier molecular flexibility index (Phi) is 1.64. The van der Waals surface area contributed by atoms with Crippen molar-refractivity contribution < 1.29 is 0 Å². The molecule has 0 amide bonds. The first-order valence-corrected chi connectivity index (χ1v) is 4.44. The molecule has 2 fully saturated rings. The fraction of sp³-hybridized carbons (Fsp3) is 0.778. The molecule has 2 bridgehead atoms. The Bertz CT molecular complexity index is 157. The molecule has 0 aromatic rings. The van der Waals surface area contributed by atoms with Gasteiger partial charge in [0.2, 0.25) is 0 Å². The minimum Gasteiger partial charge on any atom is -0.390 e. The van der Waals surface area contributed by atoms with Crippen LogP contribution in [0.2, 0.25) is 0 Å². The van der Waals surface area contributed by atoms with E-state index >= 15 is 0 Å². The van der Waals surface area contributed by atoms with Crippen LogP contribution in [0.15, 0.2) is 12.8 Å². The minimum atomic E-state index is 0.429. The molecule has 1 saturated carbocycles. The highest BCUT2D eigenvalue weighted by Gasteiger charge is 2.43. The van der Waals surface area contributed by atoms with E-state index in [0.29, 0.717) is 5.54 Å². The predicted octanol–water partition coefficient (Wildman–Crippen LogP) is 0.862. The molecule has 0 aromatic heterocycles. The molecule has 0 aromatic carbocycles. The number of fused-ring (bicyclic) bond motifs is 2. The molecule has 1 aliphatic carbocycles. The number of nitrogens with one attached hydrogen (secondary N) is 2. The quantitative estimate of drug-likeness (QED) is 0.627. The lowest BCUT2D eigenvalue weighted by Gasteiger charge is -2.27. The van der Waals surface area contributed by atoms with Gasteiger partial charge in [0.05, 0.1) is 0 Å². The Hall–Kier alpha value is -0.500. The lowest BCUT2D eigenvalue weighted by atomic mass is 9.99. The third kappa shape index (κ3) is 1.16. The largest absolute Gasteiger partial charge is 0.390 e. The van der Waals surface area contributed by atoms with Crippen LogP contribution in [-0.2, 0) is 0 Å². The second-order valence-corrected chi connectivity index (χ2v) is 3.86. The van der Waals surface area contributed by atoms with E-state index in [1.165, 1.54) is 25.8 Å². The molecule has 2 nitrogen and oxygen atoms in total. The van der Waals surface area contributed by atoms with Crippen LogP contribution in [0.25, 0.3) is 0 Å². The summed E-state index contributed by atoms with van der Waals surface area (Å²) in [6, 6.07) is 0. The molecule has 1 heterocycles. The van der Waals surface area contributed by atoms with Crippen molar-refractivity contribution in [1.29, 1.82) is 0 Å². The maximum atomic E-state index is 3.66. The first-order valence-electron chi connectivity index (χ1n) is 4.44. The van der Waals surface area contributed by atoms with Gasteiger partial charge in [0.15, 0.2) is 0 Å². The highest BCUT2D eigenvalue weighted by Crippen LogP contribution is 2.39. The van der Waals surface area contributed by atoms with Crippen LogP contribution in [0, 0.1) is 5.92 Å². The normalized spacial score (nSPS) is 40.9. The van der Waals surface area contributed by atoms with Crippen LogP contribution < -0.4 is 10.6 Å². The van der Waals surface area contributed by atoms with Crippen molar-refractivity contribution in [3.05, 3.63) is 12.8 Å². The highest BCUT2D eigenvalue weighted by atomic mass is 15.1. The standard InChI is InChI=1S/C9H16N2/c1-2-10-7-9-4-3-8(5-9)6-11-9/h2,8,10-11H,1,3-7H2/t8-,9+/m0/s1. The maximum absolute atomic E-state index is 3.66. The first kappa shape index (κ1) is 7.17. The number of rotatable bonds is 3. The lowest BCUT2D eigenvalue weighted by Crippen LogP contribution is -2.47. The van der Waals surface area contributed by atoms with Gasteiger partial charge in [0.25, 0.3) is 0 Å². The molecule has 2 aliphatic rings. The molecular weight excluding hydrogens is 136 g/mol. The third-order valence-corrected chi connectivity index (χ3v) is 3.06. The van der Waals surface area contributed by atoms with Gasteiger partial charge in [-0.1, -0.05) is 6.58 Å². The van der Waals surface area contributed by atoms with Crippen molar-refractivity contribution in [3.63, 3.8) is 0 Å². The summed E-state index contributed by atoms with van der Waals surface area (Å²) in [5, 5.41) is 6.80. The number of piperidine rings is 1. The summed E-state index contributed by atoms with van der Waals surface area (Å²) in [5.41, 5.74) is 0.429. The van der Waals surface area contributed by atoms with E-state index in [4.69, 9.17) is 0 Å². The Labute approximate surface area is 68.1 Å². The zero-order chi connectivity index (χ0) is 7.73. The summed E-state index contributed by atoms with van der Waals surface area (Å²) in [7, 11) is 0. The third-order valence-electron chi connectivity index (χ3n) is 3.06. The monoisotopic (exact) mass is 152 g/mol. The molecule has 2 heteroatoms. The zero-order valence-electron chi connectivity index (χ0n) is 6.90. The Morgan fingerprint density at radius 1 is 1.73 bits per heavy atom. The van der Waals surface area contributed by atoms with Gasteiger partial charge in [0, 0.05) is 12.1 Å². The van der Waals surface area contributed by atoms with Gasteiger partial charge < -0.3 is 10.6 Å². The molecule has 11 heavy (non-hydrogen) atoms. The molecule has 0 radical (unpaired) electrons. The van der Waals surface area contributed by atoms with Gasteiger partial charge in [-0.05, 0) is 37.9 Å². The summed E-state index contributed by atoms with van der Waals surface area (Å²) in [6.07, 6.45) is 5.93. The van der Waals surface area contributed by atoms with Crippen molar-refractivity contribution in [1.82, 2.24) is 10.6 Å². The van der Waals surface area contributed by atoms with Crippen LogP contribution in [-0.4, -0.2) is 18.6 Å². The topological polar surface area (TPSA) is 24.1 Å². The molecule has 2 N–H and O–H groups in total. The molecule has 2 rings (SSSR count). The van der Waals surface area contributed by atoms with E-state index in [-0.39, 0.29) is 0 Å². The van der Waals surface area contributed by atoms with E-state index in [1.807, 2.05) is 0 Å². The van der Waals surface area contributed by atoms with Crippen molar-refractivity contribution in [3.8, 4) is 0 Å². The van der Waals surface area contributed by atoms with E-state index < -0.39 is 0 Å². The van der Waals surface area contributed by atoms with Crippen LogP contribution in [0.5, 0.6) is 0 Å². The summed E-state index contributed by atoms with van der Waals surface area (Å²) >= 11 is 0. The lowest BCUT2D eigenvalue weighted by molar-refractivity contribution is 0.355. The molecule has 1 saturated heterocycles. The van der Waals surface area contributed by atoms with Crippen molar-refractivity contribution in [2.24, 2.45) is 5.92 Å². The molecule has 2 atom stereocenters. The molecule has 0 spiro atoms. The second kappa shape index (κ2) is 2.52. The summed E-state index contributed by atoms with van der Waals surface area (Å²) in [5.74, 6) is 0.960. The van der Waals surface area contributed by atoms with E-state index in [1.54, 1.807) is 6.20 Å². The molecular formula is C9H16N2. The summed E-state index contributed by atoms with van der Waals surface area (Å²) in [6.45, 7) is 5.96. The van der Waals surface area contributed by atoms with Gasteiger partial charge in [-0.15, -0.1) is 0 Å². The van der Waals surface area contributed by atoms with Gasteiger partial charge in [-0.25, -0.2) is 0 Å². The molecule has 1 aliphatic heterocycles. The summed E-state index contributed by atoms with van der Waals surface area (Å²) < 4.78 is 0. The van der Waals surface area contributed by atoms with Gasteiger partial charge in [-0.2, -0.15) is 0 Å². The summed E-state index contributed by atoms with van der Waals surface area (Å²) in [4.78, 5) is 0. The second-order valence-electron chi connectivity index (χ2n) is 3.86. The van der Waals surface area contributed by atoms with Crippen LogP contribution >= 0.6 is 0 Å². The van der Waals surface area contributed by atoms with Crippen molar-refractivity contribution in [2.75, 3.05) is 13.1 Å². The average Bonchev–Trinajstić information content (AvgIpc) is 2.60. The van der Waals surface area contributed by atoms with Crippen LogP contribution in [0.1, 0.15) is 19.3 Å². The van der Waals surface area contributed by atoms with Gasteiger partial charge >= 0.3 is 0 Å². The smallest absolute Gasteiger partial charge is 0.0357 e. The SMILES string of the molecule is C=CNC[C@]12CC[C@H](CN1)C2. The predicted molar refractivity (Wildman–Crippen MR) is 46.3 cm³/mol. The maximum Gasteiger partial charge on any atom is 0.0357 e. The minimum absolute atomic E-state index is 0.429. The van der Waals surface area contributed by atoms with Gasteiger partial charge in [0.1, 0.15) is 0 Å². The molecule has 0 unspecified atom stereocenters. The van der Waals surface area contributed by atoms with E-state index in [9.17, 15) is 0 Å². The first-order chi connectivity index (χ1) is 5.35. The van der Waals surface area contributed by atoms with Crippen molar-refractivity contribution in [2.45, 2.75) is 24.8 Å². The number of hydrogen-bond donors (Lipinski definition) is 2. The fourth-order valence-electron chi connectivity index (χ4n) is 2.42. The Balaban J connectivity index is 1.94. The van der Waals surface area contributed by atoms with Crippen LogP contribution in [0.3, 0.4) is 0 Å². The highest BCUT2D eigenvalue weighted by molar-refractivity contribution is 5.04. The number of hydrogen-bond acceptors (Lipinski definition) is 2. The van der Waals surface area contributed by atoms with E-state index in [0.717, 1.165) is 12.5 Å². The molecule has 62 valence electrons. The zero-order valence-corrected chi connectivity index (χ0v) is 6.90. The van der Waals surface area contributed by atoms with Gasteiger partial charge in [-0.3, -0.25) is 0 Å². The van der Waals surface area contributed by atoms with Crippen LogP contribution in [0.4, 0.5) is 0 Å². The Morgan fingerprint density at radius 3 is 3.09 bits per heavy atom. The van der Waals surface area contributed by atoms with Crippen molar-refractivity contribution >= 4 is 0 Å². The average molecular weight is 152 g/mol. The van der Waals surface area contributed by atoms with E-state index in [2.05, 4.69) is 17.2 Å². The fourth-order valence-corrected chi connectivity index (χ4v) is 2.42. The Morgan fingerprint density at radius 2 is 2.64 bits per heavy atom.